The second-order valence-corrected chi connectivity index (χ2v) is 39.8. The SMILES string of the molecule is [I][Ti+]([I])[I]. The molecule has 0 fully saturated rings. The van der Waals surface area contributed by atoms with Gasteiger partial charge in [-0.2, -0.15) is 0 Å². The first kappa shape index (κ1) is 6.90. The van der Waals surface area contributed by atoms with Crippen LogP contribution in [0.25, 0.3) is 0 Å². The summed E-state index contributed by atoms with van der Waals surface area (Å²) in [6.07, 6.45) is 0. The Morgan fingerprint density at radius 1 is 1.00 bits per heavy atom. The van der Waals surface area contributed by atoms with Gasteiger partial charge in [0.05, 0.1) is 0 Å². The van der Waals surface area contributed by atoms with Crippen LogP contribution in [-0.4, -0.2) is 0 Å². The van der Waals surface area contributed by atoms with Crippen molar-refractivity contribution >= 4 is 57.6 Å². The van der Waals surface area contributed by atoms with E-state index >= 15 is 0 Å². The molecule has 24 valence electrons. The molecule has 0 radical (unpaired) electrons. The third-order valence-corrected chi connectivity index (χ3v) is 0. The van der Waals surface area contributed by atoms with Crippen molar-refractivity contribution in [2.24, 2.45) is 0 Å². The molecular formula is I3Ti+. The number of hydrogen-bond acceptors (Lipinski definition) is 0. The normalized spacial score (nSPS) is 6.75. The Morgan fingerprint density at radius 2 is 1.00 bits per heavy atom. The number of halogens is 3. The van der Waals surface area contributed by atoms with Gasteiger partial charge in [0, 0.05) is 0 Å². The molecule has 4 heavy (non-hydrogen) atoms. The summed E-state index contributed by atoms with van der Waals surface area (Å²) in [5.74, 6) is 0. The van der Waals surface area contributed by atoms with Crippen LogP contribution in [0, 0.1) is 0 Å². The maximum absolute atomic E-state index is 2.48. The molecule has 0 aromatic carbocycles. The predicted molar refractivity (Wildman–Crippen MR) is 42.1 cm³/mol. The Labute approximate surface area is 62.4 Å². The van der Waals surface area contributed by atoms with Crippen LogP contribution in [-0.2, 0) is 6.63 Å². The van der Waals surface area contributed by atoms with E-state index in [2.05, 4.69) is 57.6 Å². The summed E-state index contributed by atoms with van der Waals surface area (Å²) < 4.78 is 0. The Bertz CT molecular complexity index is 8.00. The van der Waals surface area contributed by atoms with Crippen molar-refractivity contribution < 1.29 is 6.63 Å². The Morgan fingerprint density at radius 3 is 1.00 bits per heavy atom. The topological polar surface area (TPSA) is 0 Å². The van der Waals surface area contributed by atoms with Crippen LogP contribution in [0.15, 0.2) is 0 Å². The van der Waals surface area contributed by atoms with Crippen LogP contribution >= 0.6 is 57.6 Å². The summed E-state index contributed by atoms with van der Waals surface area (Å²) in [6.45, 7) is -0.423. The van der Waals surface area contributed by atoms with Crippen molar-refractivity contribution in [1.82, 2.24) is 0 Å². The fraction of sp³-hybridized carbons (Fsp3) is 0. The molecule has 0 atom stereocenters. The van der Waals surface area contributed by atoms with E-state index in [-0.39, 0.29) is 0 Å². The zero-order valence-corrected chi connectivity index (χ0v) is 9.67. The molecular weight excluding hydrogens is 429 g/mol. The zero-order valence-electron chi connectivity index (χ0n) is 1.63. The van der Waals surface area contributed by atoms with Gasteiger partial charge in [0.2, 0.25) is 0 Å². The van der Waals surface area contributed by atoms with E-state index in [1.54, 1.807) is 0 Å². The summed E-state index contributed by atoms with van der Waals surface area (Å²) in [5.41, 5.74) is 0. The maximum atomic E-state index is 2.48. The minimum atomic E-state index is -0.423. The van der Waals surface area contributed by atoms with Crippen molar-refractivity contribution in [2.45, 2.75) is 0 Å². The molecule has 0 nitrogen and oxygen atoms in total. The first-order valence-corrected chi connectivity index (χ1v) is 15.7. The molecule has 0 amide bonds. The third kappa shape index (κ3) is 8.86. The van der Waals surface area contributed by atoms with Crippen LogP contribution in [0.2, 0.25) is 0 Å². The predicted octanol–water partition coefficient (Wildman–Crippen LogP) is 2.65. The quantitative estimate of drug-likeness (QED) is 0.411. The van der Waals surface area contributed by atoms with Gasteiger partial charge in [0.15, 0.2) is 0 Å². The minimum absolute atomic E-state index is 0.423. The van der Waals surface area contributed by atoms with Crippen LogP contribution in [0.3, 0.4) is 0 Å². The second kappa shape index (κ2) is 4.07. The monoisotopic (exact) mass is 429 g/mol. The first-order chi connectivity index (χ1) is 1.73. The summed E-state index contributed by atoms with van der Waals surface area (Å²) in [5, 5.41) is 0. The summed E-state index contributed by atoms with van der Waals surface area (Å²) in [6, 6.07) is 0. The van der Waals surface area contributed by atoms with Crippen LogP contribution < -0.4 is 0 Å². The number of hydrogen-bond donors (Lipinski definition) is 0. The standard InChI is InChI=1S/3HI.Ti/h3*1H;/q;;;+4/p-3. The zero-order chi connectivity index (χ0) is 3.58. The van der Waals surface area contributed by atoms with Gasteiger partial charge in [-0.25, -0.2) is 0 Å². The molecule has 0 aliphatic rings. The van der Waals surface area contributed by atoms with Crippen molar-refractivity contribution in [3.63, 3.8) is 0 Å². The molecule has 0 rings (SSSR count). The van der Waals surface area contributed by atoms with Gasteiger partial charge in [-0.1, -0.05) is 0 Å². The molecule has 0 bridgehead atoms. The molecule has 0 saturated heterocycles. The van der Waals surface area contributed by atoms with Crippen molar-refractivity contribution in [3.8, 4) is 0 Å². The molecule has 0 heterocycles. The van der Waals surface area contributed by atoms with Crippen LogP contribution in [0.4, 0.5) is 0 Å². The summed E-state index contributed by atoms with van der Waals surface area (Å²) >= 11 is 7.45. The molecule has 0 saturated carbocycles. The molecule has 0 aromatic heterocycles. The molecule has 0 aliphatic heterocycles. The van der Waals surface area contributed by atoms with Gasteiger partial charge in [-0.05, 0) is 0 Å². The van der Waals surface area contributed by atoms with Crippen molar-refractivity contribution in [1.29, 1.82) is 0 Å². The average Bonchev–Trinajstić information content (AvgIpc) is 0.811. The van der Waals surface area contributed by atoms with E-state index in [9.17, 15) is 0 Å². The van der Waals surface area contributed by atoms with Gasteiger partial charge < -0.3 is 0 Å². The van der Waals surface area contributed by atoms with Gasteiger partial charge in [0.25, 0.3) is 0 Å². The van der Waals surface area contributed by atoms with E-state index in [4.69, 9.17) is 0 Å². The van der Waals surface area contributed by atoms with Crippen LogP contribution in [0.5, 0.6) is 0 Å². The van der Waals surface area contributed by atoms with E-state index < -0.39 is 6.63 Å². The fourth-order valence-electron chi connectivity index (χ4n) is 0. The molecule has 0 spiro atoms. The van der Waals surface area contributed by atoms with Gasteiger partial charge in [0.1, 0.15) is 0 Å². The molecule has 0 aromatic rings. The van der Waals surface area contributed by atoms with Crippen LogP contribution in [0.1, 0.15) is 0 Å². The Hall–Kier alpha value is 2.90. The van der Waals surface area contributed by atoms with E-state index in [1.807, 2.05) is 0 Å². The molecule has 0 N–H and O–H groups in total. The second-order valence-electron chi connectivity index (χ2n) is 0.214. The van der Waals surface area contributed by atoms with E-state index in [1.165, 1.54) is 0 Å². The molecule has 0 unspecified atom stereocenters. The van der Waals surface area contributed by atoms with Crippen molar-refractivity contribution in [2.75, 3.05) is 0 Å². The Balaban J connectivity index is 2.32. The van der Waals surface area contributed by atoms with Crippen molar-refractivity contribution in [3.05, 3.63) is 0 Å². The average molecular weight is 429 g/mol. The molecule has 4 heteroatoms. The summed E-state index contributed by atoms with van der Waals surface area (Å²) in [4.78, 5) is 0. The number of rotatable bonds is 0. The van der Waals surface area contributed by atoms with Gasteiger partial charge in [-0.15, -0.1) is 0 Å². The first-order valence-electron chi connectivity index (χ1n) is 0.567. The van der Waals surface area contributed by atoms with E-state index in [0.29, 0.717) is 0 Å². The van der Waals surface area contributed by atoms with Gasteiger partial charge >= 0.3 is 64.2 Å². The Kier molecular flexibility index (Phi) is 7.03. The fourth-order valence-corrected chi connectivity index (χ4v) is 0. The summed E-state index contributed by atoms with van der Waals surface area (Å²) in [7, 11) is 0. The molecule has 0 aliphatic carbocycles. The third-order valence-electron chi connectivity index (χ3n) is 0. The van der Waals surface area contributed by atoms with Gasteiger partial charge in [-0.3, -0.25) is 0 Å². The van der Waals surface area contributed by atoms with E-state index in [0.717, 1.165) is 0 Å².